The predicted octanol–water partition coefficient (Wildman–Crippen LogP) is 3.43. The van der Waals surface area contributed by atoms with E-state index in [-0.39, 0.29) is 17.7 Å². The summed E-state index contributed by atoms with van der Waals surface area (Å²) < 4.78 is 0. The van der Waals surface area contributed by atoms with Crippen molar-refractivity contribution in [3.05, 3.63) is 24.3 Å². The Morgan fingerprint density at radius 2 is 1.90 bits per heavy atom. The molecule has 0 spiro atoms. The minimum absolute atomic E-state index is 0.0238. The van der Waals surface area contributed by atoms with E-state index in [0.29, 0.717) is 12.1 Å². The van der Waals surface area contributed by atoms with Gasteiger partial charge in [0, 0.05) is 19.4 Å². The largest absolute Gasteiger partial charge is 0.324 e. The van der Waals surface area contributed by atoms with E-state index >= 15 is 0 Å². The molecule has 20 heavy (non-hydrogen) atoms. The van der Waals surface area contributed by atoms with Crippen LogP contribution in [0.2, 0.25) is 0 Å². The summed E-state index contributed by atoms with van der Waals surface area (Å²) in [6.07, 6.45) is 2.08. The maximum atomic E-state index is 12.3. The Morgan fingerprint density at radius 3 is 2.50 bits per heavy atom. The van der Waals surface area contributed by atoms with E-state index in [1.54, 1.807) is 11.9 Å². The van der Waals surface area contributed by atoms with E-state index in [0.717, 1.165) is 18.5 Å². The van der Waals surface area contributed by atoms with E-state index in [1.165, 1.54) is 0 Å². The molecule has 0 unspecified atom stereocenters. The van der Waals surface area contributed by atoms with Crippen LogP contribution in [0.15, 0.2) is 24.3 Å². The Bertz CT molecular complexity index is 471. The number of carbonyl (C=O) groups is 2. The minimum atomic E-state index is -0.0283. The summed E-state index contributed by atoms with van der Waals surface area (Å²) in [5.74, 6) is 0.00780. The molecule has 2 amide bonds. The molecule has 1 rings (SSSR count). The molecule has 0 fully saturated rings. The third kappa shape index (κ3) is 4.08. The summed E-state index contributed by atoms with van der Waals surface area (Å²) >= 11 is 0. The first kappa shape index (κ1) is 16.2. The second kappa shape index (κ2) is 7.68. The summed E-state index contributed by atoms with van der Waals surface area (Å²) in [5, 5.41) is 2.87. The van der Waals surface area contributed by atoms with Crippen molar-refractivity contribution in [2.45, 2.75) is 40.0 Å². The van der Waals surface area contributed by atoms with Crippen LogP contribution < -0.4 is 10.2 Å². The van der Waals surface area contributed by atoms with Crippen molar-refractivity contribution in [2.75, 3.05) is 17.3 Å². The first-order valence-corrected chi connectivity index (χ1v) is 7.17. The summed E-state index contributed by atoms with van der Waals surface area (Å²) in [6, 6.07) is 7.39. The van der Waals surface area contributed by atoms with Crippen LogP contribution in [0, 0.1) is 5.92 Å². The lowest BCUT2D eigenvalue weighted by Gasteiger charge is -2.23. The fraction of sp³-hybridized carbons (Fsp3) is 0.500. The summed E-state index contributed by atoms with van der Waals surface area (Å²) in [6.45, 7) is 5.87. The number of benzene rings is 1. The van der Waals surface area contributed by atoms with Crippen molar-refractivity contribution in [1.82, 2.24) is 0 Å². The smallest absolute Gasteiger partial charge is 0.229 e. The number of para-hydroxylation sites is 2. The number of nitrogens with zero attached hydrogens (tertiary/aromatic N) is 1. The van der Waals surface area contributed by atoms with Gasteiger partial charge in [-0.3, -0.25) is 9.59 Å². The van der Waals surface area contributed by atoms with Crippen molar-refractivity contribution < 1.29 is 9.59 Å². The van der Waals surface area contributed by atoms with Crippen molar-refractivity contribution in [3.63, 3.8) is 0 Å². The molecule has 1 aromatic rings. The molecule has 4 heteroatoms. The first-order chi connectivity index (χ1) is 9.51. The zero-order valence-corrected chi connectivity index (χ0v) is 12.8. The van der Waals surface area contributed by atoms with Crippen LogP contribution in [0.1, 0.15) is 40.0 Å². The molecule has 0 aromatic heterocycles. The second-order valence-corrected chi connectivity index (χ2v) is 5.02. The van der Waals surface area contributed by atoms with Crippen molar-refractivity contribution in [2.24, 2.45) is 5.92 Å². The molecule has 0 bridgehead atoms. The lowest BCUT2D eigenvalue weighted by Crippen LogP contribution is -2.32. The topological polar surface area (TPSA) is 49.4 Å². The van der Waals surface area contributed by atoms with Crippen LogP contribution in [-0.2, 0) is 9.59 Å². The molecule has 0 saturated heterocycles. The van der Waals surface area contributed by atoms with E-state index in [2.05, 4.69) is 5.32 Å². The highest BCUT2D eigenvalue weighted by Gasteiger charge is 2.19. The molecule has 0 radical (unpaired) electrons. The van der Waals surface area contributed by atoms with Gasteiger partial charge in [-0.05, 0) is 25.0 Å². The van der Waals surface area contributed by atoms with Gasteiger partial charge in [0.1, 0.15) is 0 Å². The summed E-state index contributed by atoms with van der Waals surface area (Å²) in [7, 11) is 1.75. The lowest BCUT2D eigenvalue weighted by atomic mass is 10.1. The molecule has 0 aliphatic carbocycles. The molecule has 0 saturated carbocycles. The summed E-state index contributed by atoms with van der Waals surface area (Å²) in [4.78, 5) is 25.6. The third-order valence-electron chi connectivity index (χ3n) is 3.38. The van der Waals surface area contributed by atoms with Gasteiger partial charge in [-0.1, -0.05) is 32.9 Å². The highest BCUT2D eigenvalue weighted by molar-refractivity contribution is 6.01. The predicted molar refractivity (Wildman–Crippen MR) is 82.8 cm³/mol. The van der Waals surface area contributed by atoms with E-state index in [4.69, 9.17) is 0 Å². The van der Waals surface area contributed by atoms with Gasteiger partial charge in [-0.25, -0.2) is 0 Å². The Kier molecular flexibility index (Phi) is 6.22. The van der Waals surface area contributed by atoms with Gasteiger partial charge in [-0.15, -0.1) is 0 Å². The highest BCUT2D eigenvalue weighted by Crippen LogP contribution is 2.26. The van der Waals surface area contributed by atoms with Gasteiger partial charge >= 0.3 is 0 Å². The van der Waals surface area contributed by atoms with Crippen LogP contribution >= 0.6 is 0 Å². The summed E-state index contributed by atoms with van der Waals surface area (Å²) in [5.41, 5.74) is 1.42. The normalized spacial score (nSPS) is 11.8. The van der Waals surface area contributed by atoms with Gasteiger partial charge < -0.3 is 10.2 Å². The maximum absolute atomic E-state index is 12.3. The average molecular weight is 276 g/mol. The van der Waals surface area contributed by atoms with Crippen LogP contribution in [0.25, 0.3) is 0 Å². The van der Waals surface area contributed by atoms with E-state index < -0.39 is 0 Å². The van der Waals surface area contributed by atoms with Crippen molar-refractivity contribution in [1.29, 1.82) is 0 Å². The number of amides is 2. The standard InChI is InChI=1S/C16H24N2O2/c1-5-9-15(19)17-13-10-7-8-11-14(13)18(4)16(20)12(3)6-2/h7-8,10-12H,5-6,9H2,1-4H3,(H,17,19)/t12-/m0/s1. The average Bonchev–Trinajstić information content (AvgIpc) is 2.45. The van der Waals surface area contributed by atoms with Crippen LogP contribution in [0.4, 0.5) is 11.4 Å². The van der Waals surface area contributed by atoms with Gasteiger partial charge in [0.05, 0.1) is 11.4 Å². The fourth-order valence-corrected chi connectivity index (χ4v) is 1.94. The Morgan fingerprint density at radius 1 is 1.25 bits per heavy atom. The number of rotatable bonds is 6. The lowest BCUT2D eigenvalue weighted by molar-refractivity contribution is -0.121. The number of hydrogen-bond acceptors (Lipinski definition) is 2. The molecule has 0 heterocycles. The maximum Gasteiger partial charge on any atom is 0.229 e. The molecule has 1 N–H and O–H groups in total. The van der Waals surface area contributed by atoms with Gasteiger partial charge in [0.2, 0.25) is 11.8 Å². The van der Waals surface area contributed by atoms with Gasteiger partial charge in [0.25, 0.3) is 0 Å². The van der Waals surface area contributed by atoms with E-state index in [1.807, 2.05) is 45.0 Å². The molecule has 0 aliphatic rings. The third-order valence-corrected chi connectivity index (χ3v) is 3.38. The highest BCUT2D eigenvalue weighted by atomic mass is 16.2. The Hall–Kier alpha value is -1.84. The Labute approximate surface area is 121 Å². The van der Waals surface area contributed by atoms with Gasteiger partial charge in [0.15, 0.2) is 0 Å². The number of nitrogens with one attached hydrogen (secondary N) is 1. The fourth-order valence-electron chi connectivity index (χ4n) is 1.94. The molecule has 4 nitrogen and oxygen atoms in total. The van der Waals surface area contributed by atoms with Crippen LogP contribution in [0.3, 0.4) is 0 Å². The minimum Gasteiger partial charge on any atom is -0.324 e. The number of carbonyl (C=O) groups excluding carboxylic acids is 2. The second-order valence-electron chi connectivity index (χ2n) is 5.02. The quantitative estimate of drug-likeness (QED) is 0.865. The van der Waals surface area contributed by atoms with Crippen LogP contribution in [0.5, 0.6) is 0 Å². The first-order valence-electron chi connectivity index (χ1n) is 7.17. The SMILES string of the molecule is CCCC(=O)Nc1ccccc1N(C)C(=O)[C@@H](C)CC. The zero-order chi connectivity index (χ0) is 15.1. The molecule has 0 aliphatic heterocycles. The van der Waals surface area contributed by atoms with Crippen molar-refractivity contribution >= 4 is 23.2 Å². The molecular formula is C16H24N2O2. The van der Waals surface area contributed by atoms with Crippen molar-refractivity contribution in [3.8, 4) is 0 Å². The number of anilines is 2. The number of hydrogen-bond donors (Lipinski definition) is 1. The van der Waals surface area contributed by atoms with Gasteiger partial charge in [-0.2, -0.15) is 0 Å². The zero-order valence-electron chi connectivity index (χ0n) is 12.8. The monoisotopic (exact) mass is 276 g/mol. The molecular weight excluding hydrogens is 252 g/mol. The molecule has 1 aromatic carbocycles. The molecule has 110 valence electrons. The van der Waals surface area contributed by atoms with E-state index in [9.17, 15) is 9.59 Å². The molecule has 1 atom stereocenters. The van der Waals surface area contributed by atoms with Crippen LogP contribution in [-0.4, -0.2) is 18.9 Å². The Balaban J connectivity index is 2.94.